The quantitative estimate of drug-likeness (QED) is 0.640. The van der Waals surface area contributed by atoms with E-state index in [0.29, 0.717) is 22.8 Å². The van der Waals surface area contributed by atoms with E-state index < -0.39 is 0 Å². The minimum atomic E-state index is -0.376. The van der Waals surface area contributed by atoms with E-state index in [9.17, 15) is 4.79 Å². The van der Waals surface area contributed by atoms with Crippen molar-refractivity contribution in [3.05, 3.63) is 65.2 Å². The summed E-state index contributed by atoms with van der Waals surface area (Å²) < 4.78 is 21.1. The lowest BCUT2D eigenvalue weighted by atomic mass is 10.1. The van der Waals surface area contributed by atoms with Crippen LogP contribution in [0.1, 0.15) is 11.1 Å². The van der Waals surface area contributed by atoms with Crippen molar-refractivity contribution >= 4 is 17.8 Å². The minimum absolute atomic E-state index is 0.221. The maximum Gasteiger partial charge on any atom is 0.343 e. The molecule has 0 bridgehead atoms. The molecule has 24 heavy (non-hydrogen) atoms. The Morgan fingerprint density at radius 2 is 1.83 bits per heavy atom. The second-order valence-electron chi connectivity index (χ2n) is 5.34. The average molecular weight is 322 g/mol. The molecule has 2 aliphatic heterocycles. The first-order valence-electron chi connectivity index (χ1n) is 7.42. The van der Waals surface area contributed by atoms with Gasteiger partial charge in [-0.15, -0.1) is 0 Å². The molecule has 0 aliphatic carbocycles. The fourth-order valence-corrected chi connectivity index (χ4v) is 2.57. The van der Waals surface area contributed by atoms with E-state index in [1.54, 1.807) is 19.3 Å². The summed E-state index contributed by atoms with van der Waals surface area (Å²) in [5.74, 6) is 2.28. The molecule has 120 valence electrons. The third-order valence-electron chi connectivity index (χ3n) is 3.82. The number of cyclic esters (lactones) is 1. The SMILES string of the molecule is COc1ccc(C2=C/C(=C/c3ccc4c(c3)OCO4)C(=O)O2)cc1. The van der Waals surface area contributed by atoms with Crippen molar-refractivity contribution in [2.45, 2.75) is 0 Å². The first kappa shape index (κ1) is 14.4. The highest BCUT2D eigenvalue weighted by Gasteiger charge is 2.22. The Balaban J connectivity index is 1.63. The van der Waals surface area contributed by atoms with Crippen molar-refractivity contribution in [2.75, 3.05) is 13.9 Å². The summed E-state index contributed by atoms with van der Waals surface area (Å²) >= 11 is 0. The average Bonchev–Trinajstić information content (AvgIpc) is 3.21. The van der Waals surface area contributed by atoms with Gasteiger partial charge >= 0.3 is 5.97 Å². The van der Waals surface area contributed by atoms with Gasteiger partial charge in [0, 0.05) is 5.56 Å². The van der Waals surface area contributed by atoms with Crippen molar-refractivity contribution in [1.82, 2.24) is 0 Å². The molecule has 0 aromatic heterocycles. The van der Waals surface area contributed by atoms with Gasteiger partial charge in [0.15, 0.2) is 11.5 Å². The highest BCUT2D eigenvalue weighted by Crippen LogP contribution is 2.34. The first-order valence-corrected chi connectivity index (χ1v) is 7.42. The third kappa shape index (κ3) is 2.60. The molecule has 0 fully saturated rings. The number of rotatable bonds is 3. The van der Waals surface area contributed by atoms with Gasteiger partial charge in [0.05, 0.1) is 12.7 Å². The second-order valence-corrected chi connectivity index (χ2v) is 5.34. The summed E-state index contributed by atoms with van der Waals surface area (Å²) in [6.07, 6.45) is 3.50. The Bertz CT molecular complexity index is 862. The number of hydrogen-bond acceptors (Lipinski definition) is 5. The van der Waals surface area contributed by atoms with Crippen molar-refractivity contribution in [2.24, 2.45) is 0 Å². The standard InChI is InChI=1S/C19H14O5/c1-21-15-5-3-13(4-6-15)17-10-14(19(20)24-17)8-12-2-7-16-18(9-12)23-11-22-16/h2-10H,11H2,1H3/b14-8-. The van der Waals surface area contributed by atoms with Gasteiger partial charge in [0.1, 0.15) is 11.5 Å². The summed E-state index contributed by atoms with van der Waals surface area (Å²) in [5, 5.41) is 0. The maximum atomic E-state index is 12.1. The van der Waals surface area contributed by atoms with Crippen molar-refractivity contribution in [3.8, 4) is 17.2 Å². The number of benzene rings is 2. The van der Waals surface area contributed by atoms with Gasteiger partial charge in [-0.3, -0.25) is 0 Å². The Labute approximate surface area is 138 Å². The van der Waals surface area contributed by atoms with Gasteiger partial charge < -0.3 is 18.9 Å². The molecule has 5 nitrogen and oxygen atoms in total. The van der Waals surface area contributed by atoms with E-state index in [-0.39, 0.29) is 12.8 Å². The van der Waals surface area contributed by atoms with Crippen molar-refractivity contribution in [3.63, 3.8) is 0 Å². The molecule has 0 N–H and O–H groups in total. The van der Waals surface area contributed by atoms with Crippen LogP contribution in [0, 0.1) is 0 Å². The lowest BCUT2D eigenvalue weighted by Crippen LogP contribution is -1.97. The Hall–Kier alpha value is -3.21. The van der Waals surface area contributed by atoms with E-state index in [2.05, 4.69) is 0 Å². The molecule has 0 amide bonds. The van der Waals surface area contributed by atoms with Gasteiger partial charge in [-0.25, -0.2) is 4.79 Å². The lowest BCUT2D eigenvalue weighted by Gasteiger charge is -2.03. The van der Waals surface area contributed by atoms with Crippen LogP contribution in [0.2, 0.25) is 0 Å². The smallest absolute Gasteiger partial charge is 0.343 e. The Morgan fingerprint density at radius 1 is 1.04 bits per heavy atom. The van der Waals surface area contributed by atoms with Crippen LogP contribution in [-0.4, -0.2) is 19.9 Å². The first-order chi connectivity index (χ1) is 11.7. The zero-order chi connectivity index (χ0) is 16.5. The third-order valence-corrected chi connectivity index (χ3v) is 3.82. The minimum Gasteiger partial charge on any atom is -0.497 e. The predicted octanol–water partition coefficient (Wildman–Crippen LogP) is 3.41. The number of hydrogen-bond donors (Lipinski definition) is 0. The summed E-state index contributed by atoms with van der Waals surface area (Å²) in [5.41, 5.74) is 2.15. The molecule has 0 spiro atoms. The number of carbonyl (C=O) groups is 1. The number of esters is 1. The van der Waals surface area contributed by atoms with Crippen molar-refractivity contribution < 1.29 is 23.7 Å². The van der Waals surface area contributed by atoms with E-state index in [4.69, 9.17) is 18.9 Å². The predicted molar refractivity (Wildman–Crippen MR) is 87.6 cm³/mol. The molecule has 2 aromatic carbocycles. The van der Waals surface area contributed by atoms with Gasteiger partial charge in [0.25, 0.3) is 0 Å². The lowest BCUT2D eigenvalue weighted by molar-refractivity contribution is -0.130. The zero-order valence-electron chi connectivity index (χ0n) is 12.9. The summed E-state index contributed by atoms with van der Waals surface area (Å²) in [6.45, 7) is 0.221. The molecule has 2 aromatic rings. The second kappa shape index (κ2) is 5.77. The highest BCUT2D eigenvalue weighted by molar-refractivity contribution is 6.05. The fraction of sp³-hybridized carbons (Fsp3) is 0.105. The molecule has 4 rings (SSSR count). The van der Waals surface area contributed by atoms with Gasteiger partial charge in [0.2, 0.25) is 6.79 Å². The molecule has 0 atom stereocenters. The van der Waals surface area contributed by atoms with Crippen molar-refractivity contribution in [1.29, 1.82) is 0 Å². The molecule has 0 saturated carbocycles. The van der Waals surface area contributed by atoms with E-state index >= 15 is 0 Å². The van der Waals surface area contributed by atoms with Crippen LogP contribution in [0.15, 0.2) is 54.1 Å². The molecular weight excluding hydrogens is 308 g/mol. The number of fused-ring (bicyclic) bond motifs is 1. The summed E-state index contributed by atoms with van der Waals surface area (Å²) in [4.78, 5) is 12.1. The largest absolute Gasteiger partial charge is 0.497 e. The monoisotopic (exact) mass is 322 g/mol. The highest BCUT2D eigenvalue weighted by atomic mass is 16.7. The molecule has 5 heteroatoms. The van der Waals surface area contributed by atoms with Crippen LogP contribution < -0.4 is 14.2 Å². The topological polar surface area (TPSA) is 54.0 Å². The van der Waals surface area contributed by atoms with Gasteiger partial charge in [-0.1, -0.05) is 6.07 Å². The van der Waals surface area contributed by atoms with E-state index in [0.717, 1.165) is 16.9 Å². The van der Waals surface area contributed by atoms with Gasteiger partial charge in [-0.2, -0.15) is 0 Å². The number of ether oxygens (including phenoxy) is 4. The maximum absolute atomic E-state index is 12.1. The molecular formula is C19H14O5. The van der Waals surface area contributed by atoms with E-state index in [1.807, 2.05) is 42.5 Å². The van der Waals surface area contributed by atoms with Crippen LogP contribution in [0.3, 0.4) is 0 Å². The number of carbonyl (C=O) groups excluding carboxylic acids is 1. The van der Waals surface area contributed by atoms with Crippen LogP contribution in [-0.2, 0) is 9.53 Å². The molecule has 2 aliphatic rings. The number of methoxy groups -OCH3 is 1. The Kier molecular flexibility index (Phi) is 3.46. The Morgan fingerprint density at radius 3 is 2.62 bits per heavy atom. The molecule has 0 saturated heterocycles. The zero-order valence-corrected chi connectivity index (χ0v) is 12.9. The molecule has 0 radical (unpaired) electrons. The fourth-order valence-electron chi connectivity index (χ4n) is 2.57. The molecule has 0 unspecified atom stereocenters. The van der Waals surface area contributed by atoms with E-state index in [1.165, 1.54) is 0 Å². The summed E-state index contributed by atoms with van der Waals surface area (Å²) in [7, 11) is 1.61. The van der Waals surface area contributed by atoms with Crippen LogP contribution in [0.4, 0.5) is 0 Å². The van der Waals surface area contributed by atoms with Crippen LogP contribution in [0.5, 0.6) is 17.2 Å². The van der Waals surface area contributed by atoms with Crippen LogP contribution >= 0.6 is 0 Å². The normalized spacial score (nSPS) is 17.0. The summed E-state index contributed by atoms with van der Waals surface area (Å²) in [6, 6.07) is 12.9. The molecule has 2 heterocycles. The van der Waals surface area contributed by atoms with Crippen LogP contribution in [0.25, 0.3) is 11.8 Å². The van der Waals surface area contributed by atoms with Gasteiger partial charge in [-0.05, 0) is 54.1 Å².